The summed E-state index contributed by atoms with van der Waals surface area (Å²) < 4.78 is 2.16. The monoisotopic (exact) mass is 416 g/mol. The summed E-state index contributed by atoms with van der Waals surface area (Å²) in [6.07, 6.45) is 2.59. The Morgan fingerprint density at radius 3 is 2.48 bits per heavy atom. The molecule has 0 spiro atoms. The third kappa shape index (κ3) is 6.82. The molecule has 0 saturated heterocycles. The van der Waals surface area contributed by atoms with Crippen molar-refractivity contribution in [1.29, 1.82) is 0 Å². The highest BCUT2D eigenvalue weighted by Crippen LogP contribution is 2.28. The van der Waals surface area contributed by atoms with E-state index < -0.39 is 0 Å². The molecule has 3 N–H and O–H groups in total. The number of nitrogens with two attached hydrogens (primary N) is 1. The van der Waals surface area contributed by atoms with E-state index in [1.807, 2.05) is 30.3 Å². The van der Waals surface area contributed by atoms with Gasteiger partial charge in [0.15, 0.2) is 4.80 Å². The average Bonchev–Trinajstić information content (AvgIpc) is 3.07. The Morgan fingerprint density at radius 2 is 1.90 bits per heavy atom. The summed E-state index contributed by atoms with van der Waals surface area (Å²) in [5.74, 6) is 0.453. The van der Waals surface area contributed by atoms with Gasteiger partial charge in [0.1, 0.15) is 6.04 Å². The van der Waals surface area contributed by atoms with E-state index in [2.05, 4.69) is 49.9 Å². The van der Waals surface area contributed by atoms with Crippen molar-refractivity contribution in [3.63, 3.8) is 0 Å². The highest BCUT2D eigenvalue weighted by molar-refractivity contribution is 7.07. The smallest absolute Gasteiger partial charge is 0.243 e. The first-order valence-corrected chi connectivity index (χ1v) is 11.4. The minimum Gasteiger partial charge on any atom is -0.354 e. The third-order valence-electron chi connectivity index (χ3n) is 4.73. The molecule has 29 heavy (non-hydrogen) atoms. The van der Waals surface area contributed by atoms with Gasteiger partial charge in [-0.2, -0.15) is 0 Å². The highest BCUT2D eigenvalue weighted by Gasteiger charge is 2.29. The van der Waals surface area contributed by atoms with Crippen LogP contribution < -0.4 is 15.9 Å². The number of rotatable bonds is 9. The van der Waals surface area contributed by atoms with Crippen molar-refractivity contribution in [2.24, 2.45) is 16.6 Å². The van der Waals surface area contributed by atoms with Gasteiger partial charge >= 0.3 is 0 Å². The van der Waals surface area contributed by atoms with Crippen LogP contribution >= 0.6 is 11.3 Å². The standard InChI is InChI=1S/C23H36N4OS/c1-17(2)15-19(21(28)25-14-10-9-13-24)27-20(23(3,4)5)16-29-22(27)26-18-11-7-6-8-12-18/h6-8,11-12,16-17,19H,9-10,13-15,24H2,1-5H3,(H,25,28)/t19-/m1/s1. The summed E-state index contributed by atoms with van der Waals surface area (Å²) in [5, 5.41) is 5.28. The van der Waals surface area contributed by atoms with E-state index in [0.29, 0.717) is 19.0 Å². The van der Waals surface area contributed by atoms with Crippen LogP contribution in [0.4, 0.5) is 5.69 Å². The minimum absolute atomic E-state index is 0.0640. The van der Waals surface area contributed by atoms with E-state index in [0.717, 1.165) is 35.4 Å². The van der Waals surface area contributed by atoms with Gasteiger partial charge in [0.25, 0.3) is 0 Å². The molecule has 1 atom stereocenters. The van der Waals surface area contributed by atoms with Crippen molar-refractivity contribution < 1.29 is 4.79 Å². The lowest BCUT2D eigenvalue weighted by Gasteiger charge is -2.27. The molecule has 1 aromatic heterocycles. The number of carbonyl (C=O) groups excluding carboxylic acids is 1. The maximum Gasteiger partial charge on any atom is 0.243 e. The molecule has 5 nitrogen and oxygen atoms in total. The highest BCUT2D eigenvalue weighted by atomic mass is 32.1. The van der Waals surface area contributed by atoms with Gasteiger partial charge in [0, 0.05) is 23.0 Å². The fourth-order valence-electron chi connectivity index (χ4n) is 3.23. The van der Waals surface area contributed by atoms with E-state index in [-0.39, 0.29) is 17.4 Å². The molecule has 0 unspecified atom stereocenters. The number of aromatic nitrogens is 1. The van der Waals surface area contributed by atoms with Crippen LogP contribution in [0.15, 0.2) is 40.7 Å². The van der Waals surface area contributed by atoms with Crippen molar-refractivity contribution in [3.05, 3.63) is 46.2 Å². The summed E-state index contributed by atoms with van der Waals surface area (Å²) in [4.78, 5) is 19.0. The molecule has 0 aliphatic heterocycles. The second-order valence-corrected chi connectivity index (χ2v) is 9.74. The van der Waals surface area contributed by atoms with Crippen LogP contribution in [0.25, 0.3) is 0 Å². The Morgan fingerprint density at radius 1 is 1.21 bits per heavy atom. The van der Waals surface area contributed by atoms with E-state index >= 15 is 0 Å². The lowest BCUT2D eigenvalue weighted by Crippen LogP contribution is -2.39. The number of hydrogen-bond acceptors (Lipinski definition) is 4. The van der Waals surface area contributed by atoms with E-state index in [1.165, 1.54) is 0 Å². The number of nitrogens with one attached hydrogen (secondary N) is 1. The molecule has 0 fully saturated rings. The number of carbonyl (C=O) groups is 1. The van der Waals surface area contributed by atoms with Gasteiger partial charge in [-0.25, -0.2) is 4.99 Å². The molecule has 6 heteroatoms. The van der Waals surface area contributed by atoms with Crippen LogP contribution in [-0.4, -0.2) is 23.6 Å². The largest absolute Gasteiger partial charge is 0.354 e. The third-order valence-corrected chi connectivity index (χ3v) is 5.57. The number of unbranched alkanes of at least 4 members (excludes halogenated alkanes) is 1. The molecule has 2 aromatic rings. The zero-order chi connectivity index (χ0) is 21.4. The van der Waals surface area contributed by atoms with Gasteiger partial charge in [-0.05, 0) is 43.9 Å². The molecule has 0 bridgehead atoms. The van der Waals surface area contributed by atoms with Gasteiger partial charge in [0.2, 0.25) is 5.91 Å². The maximum absolute atomic E-state index is 13.2. The molecule has 2 rings (SSSR count). The average molecular weight is 417 g/mol. The first kappa shape index (κ1) is 23.4. The Balaban J connectivity index is 2.50. The predicted octanol–water partition coefficient (Wildman–Crippen LogP) is 4.52. The fourth-order valence-corrected chi connectivity index (χ4v) is 4.41. The predicted molar refractivity (Wildman–Crippen MR) is 122 cm³/mol. The second kappa shape index (κ2) is 10.7. The quantitative estimate of drug-likeness (QED) is 0.590. The van der Waals surface area contributed by atoms with Gasteiger partial charge < -0.3 is 15.6 Å². The van der Waals surface area contributed by atoms with Crippen molar-refractivity contribution in [2.75, 3.05) is 13.1 Å². The van der Waals surface area contributed by atoms with Crippen LogP contribution in [0, 0.1) is 5.92 Å². The number of nitrogens with zero attached hydrogens (tertiary/aromatic N) is 2. The number of thiazole rings is 1. The summed E-state index contributed by atoms with van der Waals surface area (Å²) in [6.45, 7) is 12.2. The Labute approximate surface area is 179 Å². The molecule has 0 radical (unpaired) electrons. The minimum atomic E-state index is -0.282. The fraction of sp³-hybridized carbons (Fsp3) is 0.565. The molecule has 160 valence electrons. The Bertz CT molecular complexity index is 831. The summed E-state index contributed by atoms with van der Waals surface area (Å²) in [6, 6.07) is 9.65. The lowest BCUT2D eigenvalue weighted by atomic mass is 9.91. The topological polar surface area (TPSA) is 72.4 Å². The first-order chi connectivity index (χ1) is 13.7. The van der Waals surface area contributed by atoms with Gasteiger partial charge in [0.05, 0.1) is 5.69 Å². The molecule has 0 saturated carbocycles. The molecule has 0 aliphatic rings. The van der Waals surface area contributed by atoms with Crippen molar-refractivity contribution >= 4 is 22.9 Å². The normalized spacial score (nSPS) is 13.7. The number of hydrogen-bond donors (Lipinski definition) is 2. The molecule has 1 amide bonds. The molecular weight excluding hydrogens is 380 g/mol. The van der Waals surface area contributed by atoms with E-state index in [9.17, 15) is 4.79 Å². The molecular formula is C23H36N4OS. The number of amides is 1. The van der Waals surface area contributed by atoms with E-state index in [4.69, 9.17) is 10.7 Å². The van der Waals surface area contributed by atoms with Crippen molar-refractivity contribution in [1.82, 2.24) is 9.88 Å². The molecule has 0 aliphatic carbocycles. The van der Waals surface area contributed by atoms with Crippen LogP contribution in [0.2, 0.25) is 0 Å². The lowest BCUT2D eigenvalue weighted by molar-refractivity contribution is -0.125. The van der Waals surface area contributed by atoms with Crippen LogP contribution in [0.1, 0.15) is 65.6 Å². The SMILES string of the molecule is CC(C)C[C@H](C(=O)NCCCCN)n1c(C(C)(C)C)csc1=Nc1ccccc1. The summed E-state index contributed by atoms with van der Waals surface area (Å²) >= 11 is 1.60. The summed E-state index contributed by atoms with van der Waals surface area (Å²) in [5.41, 5.74) is 7.53. The maximum atomic E-state index is 13.2. The van der Waals surface area contributed by atoms with Crippen molar-refractivity contribution in [2.45, 2.75) is 65.3 Å². The Kier molecular flexibility index (Phi) is 8.65. The number of benzene rings is 1. The van der Waals surface area contributed by atoms with E-state index in [1.54, 1.807) is 11.3 Å². The first-order valence-electron chi connectivity index (χ1n) is 10.5. The van der Waals surface area contributed by atoms with Crippen LogP contribution in [0.5, 0.6) is 0 Å². The molecule has 1 aromatic carbocycles. The van der Waals surface area contributed by atoms with Crippen LogP contribution in [-0.2, 0) is 10.2 Å². The van der Waals surface area contributed by atoms with Crippen LogP contribution in [0.3, 0.4) is 0 Å². The summed E-state index contributed by atoms with van der Waals surface area (Å²) in [7, 11) is 0. The Hall–Kier alpha value is -1.92. The zero-order valence-corrected chi connectivity index (χ0v) is 19.3. The molecule has 1 heterocycles. The number of para-hydroxylation sites is 1. The van der Waals surface area contributed by atoms with Gasteiger partial charge in [-0.1, -0.05) is 52.8 Å². The second-order valence-electron chi connectivity index (χ2n) is 8.90. The zero-order valence-electron chi connectivity index (χ0n) is 18.4. The van der Waals surface area contributed by atoms with Crippen molar-refractivity contribution in [3.8, 4) is 0 Å². The van der Waals surface area contributed by atoms with Gasteiger partial charge in [-0.15, -0.1) is 11.3 Å². The van der Waals surface area contributed by atoms with Gasteiger partial charge in [-0.3, -0.25) is 4.79 Å².